The van der Waals surface area contributed by atoms with E-state index in [1.165, 1.54) is 0 Å². The molecule has 3 unspecified atom stereocenters. The number of carbonyl (C=O) groups is 3. The van der Waals surface area contributed by atoms with Gasteiger partial charge in [-0.05, 0) is 38.5 Å². The largest absolute Gasteiger partial charge is 0.906 e. The van der Waals surface area contributed by atoms with Crippen molar-refractivity contribution < 1.29 is 25.7 Å². The zero-order valence-electron chi connectivity index (χ0n) is 26.6. The predicted molar refractivity (Wildman–Crippen MR) is 152 cm³/mol. The minimum Gasteiger partial charge on any atom is -0.449 e. The van der Waals surface area contributed by atoms with Crippen molar-refractivity contribution in [1.82, 2.24) is 0 Å². The zero-order chi connectivity index (χ0) is 29.5. The van der Waals surface area contributed by atoms with Crippen LogP contribution in [0.3, 0.4) is 0 Å². The molecular weight excluding hydrogens is 483 g/mol. The molecule has 216 valence electrons. The summed E-state index contributed by atoms with van der Waals surface area (Å²) in [5.41, 5.74) is -2.42. The highest BCUT2D eigenvalue weighted by Gasteiger charge is 2.52. The van der Waals surface area contributed by atoms with Crippen LogP contribution in [-0.2, 0) is 25.7 Å². The molecule has 0 aromatic rings. The fourth-order valence-electron chi connectivity index (χ4n) is 3.53. The first-order valence-electron chi connectivity index (χ1n) is 14.2. The quantitative estimate of drug-likeness (QED) is 0.172. The molecule has 0 fully saturated rings. The molecule has 0 aliphatic carbocycles. The van der Waals surface area contributed by atoms with Crippen molar-refractivity contribution in [1.29, 1.82) is 0 Å². The van der Waals surface area contributed by atoms with E-state index in [2.05, 4.69) is 0 Å². The molecule has 0 rings (SSSR count). The Kier molecular flexibility index (Phi) is 14.5. The number of rotatable bonds is 18. The smallest absolute Gasteiger partial charge is 0.449 e. The van der Waals surface area contributed by atoms with Crippen molar-refractivity contribution in [3.05, 3.63) is 0 Å². The Morgan fingerprint density at radius 3 is 0.811 bits per heavy atom. The summed E-state index contributed by atoms with van der Waals surface area (Å²) in [5.74, 6) is 0.0627. The lowest BCUT2D eigenvalue weighted by Gasteiger charge is -2.44. The van der Waals surface area contributed by atoms with E-state index in [0.29, 0.717) is 0 Å². The van der Waals surface area contributed by atoms with Gasteiger partial charge in [0.1, 0.15) is 17.3 Å². The topological polar surface area (TPSA) is 78.9 Å². The summed E-state index contributed by atoms with van der Waals surface area (Å²) in [6.45, 7) is 29.4. The number of hydrogen-bond acceptors (Lipinski definition) is 6. The lowest BCUT2D eigenvalue weighted by atomic mass is 9.85. The standard InChI is InChI=1S/3C10H19O2.Al/c3*1-7(2)9(11)6-10(5,12)8(3)4;/h3*7-8H,6H2,1-5H3;/q3*-1;+3. The van der Waals surface area contributed by atoms with Crippen LogP contribution in [0, 0.1) is 35.5 Å². The van der Waals surface area contributed by atoms with Crippen LogP contribution in [0.5, 0.6) is 0 Å². The van der Waals surface area contributed by atoms with Crippen LogP contribution >= 0.6 is 0 Å². The van der Waals surface area contributed by atoms with E-state index in [4.69, 9.17) is 11.4 Å². The molecule has 0 heterocycles. The molecule has 0 saturated carbocycles. The zero-order valence-corrected chi connectivity index (χ0v) is 27.8. The Morgan fingerprint density at radius 2 is 0.676 bits per heavy atom. The highest BCUT2D eigenvalue weighted by molar-refractivity contribution is 6.37. The van der Waals surface area contributed by atoms with Crippen LogP contribution in [0.2, 0.25) is 0 Å². The van der Waals surface area contributed by atoms with Gasteiger partial charge in [0.25, 0.3) is 0 Å². The van der Waals surface area contributed by atoms with Crippen LogP contribution in [0.1, 0.15) is 123 Å². The molecule has 0 N–H and O–H groups in total. The third-order valence-corrected chi connectivity index (χ3v) is 10.5. The summed E-state index contributed by atoms with van der Waals surface area (Å²) in [6.07, 6.45) is 0.724. The maximum atomic E-state index is 12.8. The van der Waals surface area contributed by atoms with Crippen LogP contribution in [0.15, 0.2) is 0 Å². The van der Waals surface area contributed by atoms with Gasteiger partial charge < -0.3 is 11.4 Å². The van der Waals surface area contributed by atoms with E-state index in [1.54, 1.807) is 0 Å². The first-order valence-corrected chi connectivity index (χ1v) is 15.6. The Hall–Kier alpha value is -0.578. The minimum absolute atomic E-state index is 0.0163. The Labute approximate surface area is 233 Å². The van der Waals surface area contributed by atoms with E-state index in [0.717, 1.165) is 0 Å². The van der Waals surface area contributed by atoms with Crippen LogP contribution < -0.4 is 0 Å². The Bertz CT molecular complexity index is 659. The van der Waals surface area contributed by atoms with Crippen molar-refractivity contribution in [3.63, 3.8) is 0 Å². The summed E-state index contributed by atoms with van der Waals surface area (Å²) < 4.78 is 20.2. The SMILES string of the molecule is CC(C)C(=O)CC(C)([O][Al]([O]C(C)(CC(=O)C(C)C)C(C)C)[O]C(C)(CC(=O)C(C)C)C(C)C)C(C)C. The van der Waals surface area contributed by atoms with Gasteiger partial charge in [0.05, 0.1) is 0 Å². The molecule has 0 spiro atoms. The molecule has 0 amide bonds. The van der Waals surface area contributed by atoms with E-state index in [1.807, 2.05) is 104 Å². The normalized spacial score (nSPS) is 17.4. The Balaban J connectivity index is 6.57. The maximum Gasteiger partial charge on any atom is 0.906 e. The molecule has 0 bridgehead atoms. The average molecular weight is 541 g/mol. The van der Waals surface area contributed by atoms with E-state index >= 15 is 0 Å². The lowest BCUT2D eigenvalue weighted by molar-refractivity contribution is -0.142. The fraction of sp³-hybridized carbons (Fsp3) is 0.900. The molecular formula is C30H57AlO6. The van der Waals surface area contributed by atoms with Gasteiger partial charge >= 0.3 is 15.1 Å². The van der Waals surface area contributed by atoms with Gasteiger partial charge in [-0.15, -0.1) is 0 Å². The third kappa shape index (κ3) is 11.2. The highest BCUT2D eigenvalue weighted by Crippen LogP contribution is 2.36. The molecule has 0 saturated heterocycles. The second-order valence-corrected chi connectivity index (χ2v) is 14.7. The second kappa shape index (κ2) is 14.7. The minimum atomic E-state index is -3.00. The second-order valence-electron chi connectivity index (χ2n) is 13.4. The van der Waals surface area contributed by atoms with Crippen molar-refractivity contribution >= 4 is 32.5 Å². The predicted octanol–water partition coefficient (Wildman–Crippen LogP) is 7.11. The van der Waals surface area contributed by atoms with Gasteiger partial charge in [-0.25, -0.2) is 0 Å². The van der Waals surface area contributed by atoms with Crippen molar-refractivity contribution in [2.75, 3.05) is 0 Å². The summed E-state index contributed by atoms with van der Waals surface area (Å²) in [5, 5.41) is 0. The summed E-state index contributed by atoms with van der Waals surface area (Å²) in [7, 11) is 0. The molecule has 3 atom stereocenters. The van der Waals surface area contributed by atoms with Crippen LogP contribution in [0.25, 0.3) is 0 Å². The number of ketones is 3. The number of hydrogen-bond donors (Lipinski definition) is 0. The Morgan fingerprint density at radius 1 is 0.486 bits per heavy atom. The van der Waals surface area contributed by atoms with Gasteiger partial charge in [0.15, 0.2) is 0 Å². The number of Topliss-reactive ketones (excluding diaryl/α,β-unsaturated/α-hetero) is 3. The average Bonchev–Trinajstić information content (AvgIpc) is 2.72. The first-order chi connectivity index (χ1) is 16.6. The van der Waals surface area contributed by atoms with Gasteiger partial charge in [0, 0.05) is 53.8 Å². The molecule has 6 nitrogen and oxygen atoms in total. The fourth-order valence-corrected chi connectivity index (χ4v) is 6.06. The van der Waals surface area contributed by atoms with Crippen molar-refractivity contribution in [2.45, 2.75) is 140 Å². The first kappa shape index (κ1) is 36.4. The molecule has 0 aliphatic heterocycles. The summed E-state index contributed by atoms with van der Waals surface area (Å²) in [4.78, 5) is 38.5. The number of carbonyl (C=O) groups excluding carboxylic acids is 3. The van der Waals surface area contributed by atoms with Crippen LogP contribution in [-0.4, -0.2) is 49.3 Å². The van der Waals surface area contributed by atoms with Crippen molar-refractivity contribution in [2.24, 2.45) is 35.5 Å². The summed E-state index contributed by atoms with van der Waals surface area (Å²) in [6, 6.07) is 0. The molecule has 0 aromatic carbocycles. The van der Waals surface area contributed by atoms with E-state index < -0.39 is 32.0 Å². The highest BCUT2D eigenvalue weighted by atomic mass is 27.3. The van der Waals surface area contributed by atoms with Gasteiger partial charge in [0.2, 0.25) is 0 Å². The third-order valence-electron chi connectivity index (χ3n) is 8.27. The van der Waals surface area contributed by atoms with Crippen molar-refractivity contribution in [3.8, 4) is 0 Å². The molecule has 0 radical (unpaired) electrons. The molecule has 0 aliphatic rings. The molecule has 0 aromatic heterocycles. The summed E-state index contributed by atoms with van der Waals surface area (Å²) >= 11 is -3.00. The molecule has 7 heteroatoms. The van der Waals surface area contributed by atoms with Gasteiger partial charge in [-0.3, -0.25) is 14.4 Å². The van der Waals surface area contributed by atoms with Gasteiger partial charge in [-0.2, -0.15) is 0 Å². The van der Waals surface area contributed by atoms with E-state index in [-0.39, 0.29) is 72.1 Å². The van der Waals surface area contributed by atoms with Gasteiger partial charge in [-0.1, -0.05) is 83.1 Å². The molecule has 37 heavy (non-hydrogen) atoms. The van der Waals surface area contributed by atoms with Crippen LogP contribution in [0.4, 0.5) is 0 Å². The lowest BCUT2D eigenvalue weighted by Crippen LogP contribution is -2.54. The van der Waals surface area contributed by atoms with E-state index in [9.17, 15) is 14.4 Å². The monoisotopic (exact) mass is 540 g/mol. The maximum absolute atomic E-state index is 12.8.